The van der Waals surface area contributed by atoms with E-state index in [0.29, 0.717) is 18.8 Å². The molecule has 7 heteroatoms. The molecule has 2 aliphatic heterocycles. The molecule has 0 saturated carbocycles. The van der Waals surface area contributed by atoms with E-state index < -0.39 is 0 Å². The number of aryl methyl sites for hydroxylation is 1. The Morgan fingerprint density at radius 1 is 1.19 bits per heavy atom. The highest BCUT2D eigenvalue weighted by Gasteiger charge is 2.28. The first-order chi connectivity index (χ1) is 12.7. The standard InChI is InChI=1S/C19H24ClN5O/c20-16-4-2-1-3-14(16)5-6-18(26)24-10-7-15(8-11-24)19-23-22-17-13-21-9-12-25(17)19/h1-4,15,21H,5-13H2. The molecule has 26 heavy (non-hydrogen) atoms. The lowest BCUT2D eigenvalue weighted by Crippen LogP contribution is -2.39. The summed E-state index contributed by atoms with van der Waals surface area (Å²) in [6.45, 7) is 4.30. The number of benzene rings is 1. The first kappa shape index (κ1) is 17.5. The molecule has 0 unspecified atom stereocenters. The van der Waals surface area contributed by atoms with Gasteiger partial charge in [-0.25, -0.2) is 0 Å². The highest BCUT2D eigenvalue weighted by Crippen LogP contribution is 2.28. The summed E-state index contributed by atoms with van der Waals surface area (Å²) in [6.07, 6.45) is 3.14. The fraction of sp³-hybridized carbons (Fsp3) is 0.526. The van der Waals surface area contributed by atoms with Gasteiger partial charge in [0.15, 0.2) is 0 Å². The van der Waals surface area contributed by atoms with Gasteiger partial charge in [-0.05, 0) is 30.9 Å². The fourth-order valence-electron chi connectivity index (χ4n) is 3.90. The van der Waals surface area contributed by atoms with Crippen molar-refractivity contribution in [2.45, 2.75) is 44.7 Å². The van der Waals surface area contributed by atoms with Crippen molar-refractivity contribution in [2.75, 3.05) is 19.6 Å². The first-order valence-corrected chi connectivity index (χ1v) is 9.74. The zero-order valence-electron chi connectivity index (χ0n) is 14.8. The van der Waals surface area contributed by atoms with Gasteiger partial charge in [0.25, 0.3) is 0 Å². The van der Waals surface area contributed by atoms with E-state index in [-0.39, 0.29) is 5.91 Å². The van der Waals surface area contributed by atoms with Crippen molar-refractivity contribution in [3.8, 4) is 0 Å². The van der Waals surface area contributed by atoms with Gasteiger partial charge in [-0.1, -0.05) is 29.8 Å². The third kappa shape index (κ3) is 3.62. The molecule has 3 heterocycles. The third-order valence-corrected chi connectivity index (χ3v) is 5.80. The number of carbonyl (C=O) groups is 1. The second kappa shape index (κ2) is 7.76. The van der Waals surface area contributed by atoms with Crippen LogP contribution in [-0.4, -0.2) is 45.2 Å². The molecule has 6 nitrogen and oxygen atoms in total. The minimum Gasteiger partial charge on any atom is -0.343 e. The van der Waals surface area contributed by atoms with E-state index in [0.717, 1.165) is 67.8 Å². The monoisotopic (exact) mass is 373 g/mol. The van der Waals surface area contributed by atoms with E-state index in [1.54, 1.807) is 0 Å². The number of piperidine rings is 1. The van der Waals surface area contributed by atoms with Crippen LogP contribution in [-0.2, 0) is 24.3 Å². The Kier molecular flexibility index (Phi) is 5.22. The predicted molar refractivity (Wildman–Crippen MR) is 100 cm³/mol. The highest BCUT2D eigenvalue weighted by atomic mass is 35.5. The fourth-order valence-corrected chi connectivity index (χ4v) is 4.13. The summed E-state index contributed by atoms with van der Waals surface area (Å²) < 4.78 is 2.26. The summed E-state index contributed by atoms with van der Waals surface area (Å²) in [4.78, 5) is 14.5. The summed E-state index contributed by atoms with van der Waals surface area (Å²) >= 11 is 6.18. The predicted octanol–water partition coefficient (Wildman–Crippen LogP) is 2.37. The van der Waals surface area contributed by atoms with Gasteiger partial charge >= 0.3 is 0 Å². The molecular formula is C19H24ClN5O. The summed E-state index contributed by atoms with van der Waals surface area (Å²) in [6, 6.07) is 7.75. The lowest BCUT2D eigenvalue weighted by atomic mass is 9.95. The lowest BCUT2D eigenvalue weighted by molar-refractivity contribution is -0.132. The normalized spacial score (nSPS) is 18.0. The lowest BCUT2D eigenvalue weighted by Gasteiger charge is -2.32. The van der Waals surface area contributed by atoms with Gasteiger partial charge in [-0.15, -0.1) is 10.2 Å². The zero-order valence-corrected chi connectivity index (χ0v) is 15.6. The topological polar surface area (TPSA) is 63.1 Å². The van der Waals surface area contributed by atoms with E-state index in [9.17, 15) is 4.79 Å². The molecule has 1 amide bonds. The van der Waals surface area contributed by atoms with Crippen LogP contribution in [0, 0.1) is 0 Å². The summed E-state index contributed by atoms with van der Waals surface area (Å²) in [5.41, 5.74) is 1.04. The van der Waals surface area contributed by atoms with Crippen LogP contribution in [0.5, 0.6) is 0 Å². The van der Waals surface area contributed by atoms with Crippen LogP contribution in [0.2, 0.25) is 5.02 Å². The van der Waals surface area contributed by atoms with Gasteiger partial charge in [0.05, 0.1) is 6.54 Å². The number of nitrogens with one attached hydrogen (secondary N) is 1. The molecule has 1 aromatic carbocycles. The average Bonchev–Trinajstić information content (AvgIpc) is 3.11. The van der Waals surface area contributed by atoms with Gasteiger partial charge in [-0.3, -0.25) is 4.79 Å². The molecule has 0 aliphatic carbocycles. The quantitative estimate of drug-likeness (QED) is 0.893. The molecule has 0 spiro atoms. The van der Waals surface area contributed by atoms with Gasteiger partial charge in [0.1, 0.15) is 11.6 Å². The number of fused-ring (bicyclic) bond motifs is 1. The van der Waals surface area contributed by atoms with Crippen molar-refractivity contribution in [1.82, 2.24) is 25.0 Å². The molecule has 138 valence electrons. The SMILES string of the molecule is O=C(CCc1ccccc1Cl)N1CCC(c2nnc3n2CCNC3)CC1. The molecule has 0 bridgehead atoms. The zero-order chi connectivity index (χ0) is 17.9. The van der Waals surface area contributed by atoms with E-state index >= 15 is 0 Å². The molecule has 0 radical (unpaired) electrons. The van der Waals surface area contributed by atoms with Crippen LogP contribution in [0.25, 0.3) is 0 Å². The van der Waals surface area contributed by atoms with Crippen LogP contribution in [0.1, 0.15) is 42.4 Å². The van der Waals surface area contributed by atoms with Crippen molar-refractivity contribution in [3.63, 3.8) is 0 Å². The van der Waals surface area contributed by atoms with Gasteiger partial charge in [0.2, 0.25) is 5.91 Å². The van der Waals surface area contributed by atoms with Crippen molar-refractivity contribution >= 4 is 17.5 Å². The largest absolute Gasteiger partial charge is 0.343 e. The van der Waals surface area contributed by atoms with Crippen molar-refractivity contribution in [2.24, 2.45) is 0 Å². The Morgan fingerprint density at radius 2 is 2.00 bits per heavy atom. The molecule has 1 aromatic heterocycles. The van der Waals surface area contributed by atoms with Crippen LogP contribution < -0.4 is 5.32 Å². The van der Waals surface area contributed by atoms with E-state index in [1.807, 2.05) is 29.2 Å². The maximum atomic E-state index is 12.5. The highest BCUT2D eigenvalue weighted by molar-refractivity contribution is 6.31. The van der Waals surface area contributed by atoms with E-state index in [1.165, 1.54) is 0 Å². The Bertz CT molecular complexity index is 782. The maximum Gasteiger partial charge on any atom is 0.222 e. The van der Waals surface area contributed by atoms with E-state index in [4.69, 9.17) is 11.6 Å². The molecule has 2 aromatic rings. The number of hydrogen-bond acceptors (Lipinski definition) is 4. The molecule has 2 aliphatic rings. The van der Waals surface area contributed by atoms with Crippen molar-refractivity contribution in [3.05, 3.63) is 46.5 Å². The van der Waals surface area contributed by atoms with Crippen LogP contribution >= 0.6 is 11.6 Å². The Balaban J connectivity index is 1.31. The number of hydrogen-bond donors (Lipinski definition) is 1. The van der Waals surface area contributed by atoms with Gasteiger partial charge < -0.3 is 14.8 Å². The van der Waals surface area contributed by atoms with Crippen molar-refractivity contribution in [1.29, 1.82) is 0 Å². The van der Waals surface area contributed by atoms with Gasteiger partial charge in [-0.2, -0.15) is 0 Å². The van der Waals surface area contributed by atoms with Gasteiger partial charge in [0, 0.05) is 43.5 Å². The second-order valence-corrected chi connectivity index (χ2v) is 7.46. The maximum absolute atomic E-state index is 12.5. The molecule has 0 atom stereocenters. The number of halogens is 1. The molecule has 1 saturated heterocycles. The number of nitrogens with zero attached hydrogens (tertiary/aromatic N) is 4. The Morgan fingerprint density at radius 3 is 2.81 bits per heavy atom. The smallest absolute Gasteiger partial charge is 0.222 e. The molecule has 1 N–H and O–H groups in total. The van der Waals surface area contributed by atoms with Crippen LogP contribution in [0.3, 0.4) is 0 Å². The Hall–Kier alpha value is -1.92. The van der Waals surface area contributed by atoms with Crippen molar-refractivity contribution < 1.29 is 4.79 Å². The number of rotatable bonds is 4. The number of aromatic nitrogens is 3. The Labute approximate surface area is 158 Å². The summed E-state index contributed by atoms with van der Waals surface area (Å²) in [5, 5.41) is 12.8. The first-order valence-electron chi connectivity index (χ1n) is 9.36. The number of amides is 1. The number of likely N-dealkylation sites (tertiary alicyclic amines) is 1. The molecule has 4 rings (SSSR count). The minimum absolute atomic E-state index is 0.218. The number of carbonyl (C=O) groups excluding carboxylic acids is 1. The molecule has 1 fully saturated rings. The summed E-state index contributed by atoms with van der Waals surface area (Å²) in [5.74, 6) is 2.76. The second-order valence-electron chi connectivity index (χ2n) is 7.05. The van der Waals surface area contributed by atoms with E-state index in [2.05, 4.69) is 20.1 Å². The summed E-state index contributed by atoms with van der Waals surface area (Å²) in [7, 11) is 0. The van der Waals surface area contributed by atoms with Crippen LogP contribution in [0.15, 0.2) is 24.3 Å². The molecular weight excluding hydrogens is 350 g/mol. The third-order valence-electron chi connectivity index (χ3n) is 5.43. The minimum atomic E-state index is 0.218. The van der Waals surface area contributed by atoms with Crippen LogP contribution in [0.4, 0.5) is 0 Å². The average molecular weight is 374 g/mol.